The zero-order chi connectivity index (χ0) is 42.1. The third-order valence-electron chi connectivity index (χ3n) is 20.6. The first-order valence-corrected chi connectivity index (χ1v) is 23.9. The maximum absolute atomic E-state index is 13.4. The Labute approximate surface area is 357 Å². The second kappa shape index (κ2) is 14.0. The van der Waals surface area contributed by atoms with Crippen molar-refractivity contribution in [3.63, 3.8) is 0 Å². The van der Waals surface area contributed by atoms with Gasteiger partial charge >= 0.3 is 11.9 Å². The number of rotatable bonds is 10. The molecule has 2 spiro atoms. The normalized spacial score (nSPS) is 53.1. The Bertz CT molecular complexity index is 1740. The first-order valence-electron chi connectivity index (χ1n) is 23.9. The molecular formula is C48H72N4O8. The molecule has 0 amide bonds. The number of ether oxygens (including phenoxy) is 4. The highest BCUT2D eigenvalue weighted by atomic mass is 16.7. The number of epoxide rings is 2. The van der Waals surface area contributed by atoms with Crippen molar-refractivity contribution in [2.75, 3.05) is 26.3 Å². The van der Waals surface area contributed by atoms with Gasteiger partial charge in [-0.25, -0.2) is 9.59 Å². The smallest absolute Gasteiger partial charge is 0.331 e. The molecule has 6 unspecified atom stereocenters. The summed E-state index contributed by atoms with van der Waals surface area (Å²) in [4.78, 5) is 38.0. The highest BCUT2D eigenvalue weighted by molar-refractivity contribution is 5.98. The van der Waals surface area contributed by atoms with E-state index in [0.29, 0.717) is 61.8 Å². The number of oxime groups is 2. The molecule has 0 aromatic heterocycles. The number of nitrogens with zero attached hydrogens (tertiary/aromatic N) is 2. The summed E-state index contributed by atoms with van der Waals surface area (Å²) in [6.45, 7) is 15.9. The van der Waals surface area contributed by atoms with E-state index in [9.17, 15) is 9.59 Å². The van der Waals surface area contributed by atoms with Gasteiger partial charge in [-0.05, 0) is 152 Å². The fourth-order valence-corrected chi connectivity index (χ4v) is 17.4. The SMILES string of the molecule is CC12OC13CC[C@@H]1[C@@H](CC[C@]4(C)C(OC(=O)/C=C/C(=O)OC5CC[C@H]6[C@@H]7CCC89OC8(C)/C(=N/OCCN)CC[C@]9(C)[C@@H]7CC[C@]56C)CC[C@@H]14)[C@@]3(C)CC/C2=N\OCCN. The number of fused-ring (bicyclic) bond motifs is 8. The van der Waals surface area contributed by atoms with Gasteiger partial charge in [0.25, 0.3) is 0 Å². The summed E-state index contributed by atoms with van der Waals surface area (Å²) in [5.41, 5.74) is 12.3. The largest absolute Gasteiger partial charge is 0.459 e. The molecule has 2 saturated heterocycles. The van der Waals surface area contributed by atoms with Gasteiger partial charge in [0.15, 0.2) is 0 Å². The lowest BCUT2D eigenvalue weighted by Crippen LogP contribution is -2.60. The van der Waals surface area contributed by atoms with Crippen LogP contribution in [0.2, 0.25) is 0 Å². The Morgan fingerprint density at radius 2 is 1.00 bits per heavy atom. The van der Waals surface area contributed by atoms with Gasteiger partial charge in [-0.3, -0.25) is 0 Å². The molecule has 10 rings (SSSR count). The van der Waals surface area contributed by atoms with Crippen molar-refractivity contribution in [2.45, 2.75) is 179 Å². The van der Waals surface area contributed by atoms with Crippen LogP contribution < -0.4 is 11.5 Å². The lowest BCUT2D eigenvalue weighted by molar-refractivity contribution is -0.160. The molecule has 16 atom stereocenters. The number of hydrogen-bond acceptors (Lipinski definition) is 12. The van der Waals surface area contributed by atoms with E-state index in [1.54, 1.807) is 0 Å². The van der Waals surface area contributed by atoms with Crippen LogP contribution in [-0.4, -0.2) is 84.3 Å². The predicted octanol–water partition coefficient (Wildman–Crippen LogP) is 7.16. The van der Waals surface area contributed by atoms with Crippen LogP contribution in [0.4, 0.5) is 0 Å². The first kappa shape index (κ1) is 41.5. The van der Waals surface area contributed by atoms with E-state index in [2.05, 4.69) is 51.9 Å². The van der Waals surface area contributed by atoms with Crippen LogP contribution in [0.3, 0.4) is 0 Å². The lowest BCUT2D eigenvalue weighted by atomic mass is 9.43. The summed E-state index contributed by atoms with van der Waals surface area (Å²) in [5, 5.41) is 9.04. The van der Waals surface area contributed by atoms with E-state index in [4.69, 9.17) is 40.1 Å². The van der Waals surface area contributed by atoms with Crippen LogP contribution in [0.25, 0.3) is 0 Å². The minimum Gasteiger partial charge on any atom is -0.459 e. The fourth-order valence-electron chi connectivity index (χ4n) is 17.4. The molecule has 10 aliphatic rings. The molecule has 12 heteroatoms. The molecule has 12 nitrogen and oxygen atoms in total. The van der Waals surface area contributed by atoms with Crippen molar-refractivity contribution >= 4 is 23.4 Å². The van der Waals surface area contributed by atoms with E-state index in [1.165, 1.54) is 12.2 Å². The number of carbonyl (C=O) groups excluding carboxylic acids is 2. The lowest BCUT2D eigenvalue weighted by Gasteiger charge is -2.59. The van der Waals surface area contributed by atoms with Crippen molar-refractivity contribution in [3.05, 3.63) is 12.2 Å². The molecule has 0 bridgehead atoms. The van der Waals surface area contributed by atoms with E-state index >= 15 is 0 Å². The maximum Gasteiger partial charge on any atom is 0.331 e. The van der Waals surface area contributed by atoms with E-state index < -0.39 is 11.9 Å². The predicted molar refractivity (Wildman–Crippen MR) is 225 cm³/mol. The van der Waals surface area contributed by atoms with Gasteiger partial charge in [-0.1, -0.05) is 38.0 Å². The third-order valence-corrected chi connectivity index (χ3v) is 20.6. The van der Waals surface area contributed by atoms with Gasteiger partial charge in [0.2, 0.25) is 0 Å². The molecule has 8 saturated carbocycles. The number of carbonyl (C=O) groups is 2. The van der Waals surface area contributed by atoms with E-state index in [1.807, 2.05) is 0 Å². The molecule has 60 heavy (non-hydrogen) atoms. The molecular weight excluding hydrogens is 761 g/mol. The zero-order valence-electron chi connectivity index (χ0n) is 37.2. The van der Waals surface area contributed by atoms with Gasteiger partial charge < -0.3 is 40.1 Å². The summed E-state index contributed by atoms with van der Waals surface area (Å²) >= 11 is 0. The first-order chi connectivity index (χ1) is 28.6. The molecule has 0 aromatic rings. The quantitative estimate of drug-likeness (QED) is 0.0757. The Kier molecular flexibility index (Phi) is 9.66. The molecule has 332 valence electrons. The Morgan fingerprint density at radius 3 is 1.40 bits per heavy atom. The summed E-state index contributed by atoms with van der Waals surface area (Å²) in [5.74, 6) is 2.43. The van der Waals surface area contributed by atoms with Crippen LogP contribution in [0.5, 0.6) is 0 Å². The zero-order valence-corrected chi connectivity index (χ0v) is 37.2. The van der Waals surface area contributed by atoms with Crippen molar-refractivity contribution in [1.82, 2.24) is 0 Å². The van der Waals surface area contributed by atoms with E-state index in [-0.39, 0.29) is 56.3 Å². The van der Waals surface area contributed by atoms with Crippen LogP contribution in [0.1, 0.15) is 144 Å². The fraction of sp³-hybridized carbons (Fsp3) is 0.875. The number of hydrogen-bond donors (Lipinski definition) is 2. The molecule has 2 aliphatic heterocycles. The average Bonchev–Trinajstić information content (AvgIpc) is 3.95. The number of esters is 2. The Hall–Kier alpha value is -2.54. The average molecular weight is 833 g/mol. The van der Waals surface area contributed by atoms with E-state index in [0.717, 1.165) is 114 Å². The summed E-state index contributed by atoms with van der Waals surface area (Å²) in [7, 11) is 0. The molecule has 4 N–H and O–H groups in total. The van der Waals surface area contributed by atoms with Gasteiger partial charge in [-0.15, -0.1) is 0 Å². The van der Waals surface area contributed by atoms with Crippen LogP contribution >= 0.6 is 0 Å². The number of nitrogens with two attached hydrogens (primary N) is 2. The summed E-state index contributed by atoms with van der Waals surface area (Å²) in [6, 6.07) is 0. The van der Waals surface area contributed by atoms with Crippen molar-refractivity contribution in [3.8, 4) is 0 Å². The topological polar surface area (TPSA) is 173 Å². The van der Waals surface area contributed by atoms with Crippen molar-refractivity contribution in [1.29, 1.82) is 0 Å². The van der Waals surface area contributed by atoms with Crippen LogP contribution in [0, 0.1) is 57.2 Å². The second-order valence-corrected chi connectivity index (χ2v) is 22.3. The Morgan fingerprint density at radius 1 is 0.583 bits per heavy atom. The highest BCUT2D eigenvalue weighted by Gasteiger charge is 2.83. The molecule has 8 aliphatic carbocycles. The molecule has 2 heterocycles. The van der Waals surface area contributed by atoms with Gasteiger partial charge in [0.1, 0.15) is 47.8 Å². The van der Waals surface area contributed by atoms with Crippen molar-refractivity contribution in [2.24, 2.45) is 78.9 Å². The summed E-state index contributed by atoms with van der Waals surface area (Å²) < 4.78 is 26.1. The molecule has 0 aromatic carbocycles. The minimum atomic E-state index is -0.435. The van der Waals surface area contributed by atoms with Gasteiger partial charge in [-0.2, -0.15) is 0 Å². The highest BCUT2D eigenvalue weighted by Crippen LogP contribution is 2.77. The van der Waals surface area contributed by atoms with Gasteiger partial charge in [0.05, 0.1) is 11.4 Å². The van der Waals surface area contributed by atoms with Crippen LogP contribution in [-0.2, 0) is 38.2 Å². The standard InChI is InChI=1S/C48H72N4O8/c1-41-19-15-33-29(13-23-47-43(33,3)21-17-35(45(47,5)59-47)51-55-27-25-49)31(41)7-9-37(41)57-39(53)11-12-40(54)58-38-10-8-32-30-14-24-48-44(4,34(30)16-20-42(32,38)2)22-18-36(46(48,6)60-48)52-56-28-26-50/h11-12,29-34,37-38H,7-10,13-28,49-50H2,1-6H3/b12-11+,51-35+,52-36+/t29-,30-,31-,32-,33+,34+,37?,38?,41-,42-,43+,44+,45?,46?,47?,48?/m0/s1. The summed E-state index contributed by atoms with van der Waals surface area (Å²) in [6.07, 6.45) is 18.7. The third kappa shape index (κ3) is 5.40. The van der Waals surface area contributed by atoms with Gasteiger partial charge in [0, 0.05) is 46.9 Å². The maximum atomic E-state index is 13.4. The Balaban J connectivity index is 0.743. The van der Waals surface area contributed by atoms with Crippen LogP contribution in [0.15, 0.2) is 22.5 Å². The van der Waals surface area contributed by atoms with Crippen molar-refractivity contribution < 1.29 is 38.2 Å². The molecule has 10 fully saturated rings. The monoisotopic (exact) mass is 833 g/mol. The molecule has 0 radical (unpaired) electrons. The minimum absolute atomic E-state index is 0.0735. The second-order valence-electron chi connectivity index (χ2n) is 22.3.